The molecule has 112 valence electrons. The summed E-state index contributed by atoms with van der Waals surface area (Å²) in [6, 6.07) is 11.0. The van der Waals surface area contributed by atoms with Gasteiger partial charge in [0.05, 0.1) is 11.9 Å². The lowest BCUT2D eigenvalue weighted by molar-refractivity contribution is 0.0950. The molecule has 0 saturated heterocycles. The summed E-state index contributed by atoms with van der Waals surface area (Å²) in [6.07, 6.45) is 6.16. The molecule has 2 N–H and O–H groups in total. The van der Waals surface area contributed by atoms with Crippen molar-refractivity contribution in [2.24, 2.45) is 0 Å². The number of nitrogens with one attached hydrogen (secondary N) is 1. The van der Waals surface area contributed by atoms with Crippen molar-refractivity contribution in [1.82, 2.24) is 14.9 Å². The van der Waals surface area contributed by atoms with Crippen LogP contribution in [0.1, 0.15) is 16.8 Å². The van der Waals surface area contributed by atoms with E-state index >= 15 is 0 Å². The number of rotatable bonds is 5. The molecule has 22 heavy (non-hydrogen) atoms. The van der Waals surface area contributed by atoms with Gasteiger partial charge in [0.25, 0.3) is 5.91 Å². The number of imidazole rings is 1. The van der Waals surface area contributed by atoms with E-state index < -0.39 is 0 Å². The second-order valence-electron chi connectivity index (χ2n) is 5.13. The fourth-order valence-corrected chi connectivity index (χ4v) is 2.39. The number of hydrogen-bond acceptors (Lipinski definition) is 3. The van der Waals surface area contributed by atoms with E-state index in [0.717, 1.165) is 23.7 Å². The normalized spacial score (nSPS) is 10.7. The molecular weight excluding hydrogens is 278 g/mol. The van der Waals surface area contributed by atoms with Crippen LogP contribution in [0.5, 0.6) is 5.75 Å². The van der Waals surface area contributed by atoms with Gasteiger partial charge in [-0.3, -0.25) is 4.79 Å². The van der Waals surface area contributed by atoms with E-state index in [-0.39, 0.29) is 11.7 Å². The lowest BCUT2D eigenvalue weighted by Gasteiger charge is -2.08. The molecule has 2 aromatic carbocycles. The largest absolute Gasteiger partial charge is 0.507 e. The number of aryl methyl sites for hydroxylation is 1. The molecule has 5 nitrogen and oxygen atoms in total. The van der Waals surface area contributed by atoms with E-state index in [2.05, 4.69) is 10.3 Å². The van der Waals surface area contributed by atoms with Gasteiger partial charge in [-0.25, -0.2) is 4.98 Å². The van der Waals surface area contributed by atoms with E-state index in [4.69, 9.17) is 0 Å². The molecule has 3 aromatic rings. The minimum atomic E-state index is -0.256. The van der Waals surface area contributed by atoms with Gasteiger partial charge >= 0.3 is 0 Å². The number of nitrogens with zero attached hydrogens (tertiary/aromatic N) is 2. The third-order valence-corrected chi connectivity index (χ3v) is 3.55. The van der Waals surface area contributed by atoms with Crippen LogP contribution in [-0.4, -0.2) is 27.1 Å². The molecule has 0 spiro atoms. The number of hydrogen-bond donors (Lipinski definition) is 2. The first-order valence-electron chi connectivity index (χ1n) is 7.20. The molecule has 0 aliphatic heterocycles. The standard InChI is InChI=1S/C17H17N3O2/c21-16-11-14-5-2-1-4-13(14)10-15(16)17(22)19-6-3-8-20-9-7-18-12-20/h1-2,4-5,7,9-12,21H,3,6,8H2,(H,19,22). The smallest absolute Gasteiger partial charge is 0.255 e. The van der Waals surface area contributed by atoms with Crippen molar-refractivity contribution >= 4 is 16.7 Å². The maximum atomic E-state index is 12.2. The highest BCUT2D eigenvalue weighted by Crippen LogP contribution is 2.24. The van der Waals surface area contributed by atoms with Crippen molar-refractivity contribution in [1.29, 1.82) is 0 Å². The minimum absolute atomic E-state index is 0.00538. The van der Waals surface area contributed by atoms with Crippen molar-refractivity contribution < 1.29 is 9.90 Å². The van der Waals surface area contributed by atoms with Gasteiger partial charge in [0.2, 0.25) is 0 Å². The summed E-state index contributed by atoms with van der Waals surface area (Å²) >= 11 is 0. The minimum Gasteiger partial charge on any atom is -0.507 e. The lowest BCUT2D eigenvalue weighted by Crippen LogP contribution is -2.25. The number of carbonyl (C=O) groups is 1. The number of phenolic OH excluding ortho intramolecular Hbond substituents is 1. The molecule has 0 saturated carbocycles. The first-order valence-corrected chi connectivity index (χ1v) is 7.20. The van der Waals surface area contributed by atoms with Gasteiger partial charge in [0.1, 0.15) is 5.75 Å². The van der Waals surface area contributed by atoms with Crippen LogP contribution in [-0.2, 0) is 6.54 Å². The number of fused-ring (bicyclic) bond motifs is 1. The van der Waals surface area contributed by atoms with Gasteiger partial charge in [-0.2, -0.15) is 0 Å². The summed E-state index contributed by atoms with van der Waals surface area (Å²) in [5.74, 6) is -0.250. The fraction of sp³-hybridized carbons (Fsp3) is 0.176. The van der Waals surface area contributed by atoms with E-state index in [0.29, 0.717) is 12.1 Å². The zero-order valence-electron chi connectivity index (χ0n) is 12.1. The second kappa shape index (κ2) is 6.30. The number of amides is 1. The summed E-state index contributed by atoms with van der Waals surface area (Å²) in [4.78, 5) is 16.1. The van der Waals surface area contributed by atoms with E-state index in [9.17, 15) is 9.90 Å². The van der Waals surface area contributed by atoms with Crippen LogP contribution in [0.15, 0.2) is 55.1 Å². The van der Waals surface area contributed by atoms with Crippen molar-refractivity contribution in [2.45, 2.75) is 13.0 Å². The average Bonchev–Trinajstić information content (AvgIpc) is 3.04. The van der Waals surface area contributed by atoms with Gasteiger partial charge in [0, 0.05) is 25.5 Å². The zero-order valence-corrected chi connectivity index (χ0v) is 12.1. The first kappa shape index (κ1) is 14.1. The highest BCUT2D eigenvalue weighted by atomic mass is 16.3. The SMILES string of the molecule is O=C(NCCCn1ccnc1)c1cc2ccccc2cc1O. The molecule has 0 aliphatic carbocycles. The molecule has 3 rings (SSSR count). The number of carbonyl (C=O) groups excluding carboxylic acids is 1. The Hall–Kier alpha value is -2.82. The number of phenols is 1. The van der Waals surface area contributed by atoms with Crippen LogP contribution in [0.3, 0.4) is 0 Å². The Morgan fingerprint density at radius 2 is 2.00 bits per heavy atom. The number of aromatic nitrogens is 2. The van der Waals surface area contributed by atoms with Gasteiger partial charge in [-0.05, 0) is 29.3 Å². The number of benzene rings is 2. The predicted octanol–water partition coefficient (Wildman–Crippen LogP) is 2.56. The molecule has 0 radical (unpaired) electrons. The second-order valence-corrected chi connectivity index (χ2v) is 5.13. The van der Waals surface area contributed by atoms with Crippen molar-refractivity contribution in [2.75, 3.05) is 6.54 Å². The Balaban J connectivity index is 1.63. The quantitative estimate of drug-likeness (QED) is 0.711. The molecule has 0 bridgehead atoms. The summed E-state index contributed by atoms with van der Waals surface area (Å²) in [5.41, 5.74) is 0.307. The maximum absolute atomic E-state index is 12.2. The van der Waals surface area contributed by atoms with Gasteiger partial charge in [-0.1, -0.05) is 24.3 Å². The van der Waals surface area contributed by atoms with E-state index in [1.54, 1.807) is 24.7 Å². The highest BCUT2D eigenvalue weighted by Gasteiger charge is 2.11. The Labute approximate surface area is 128 Å². The third-order valence-electron chi connectivity index (χ3n) is 3.55. The van der Waals surface area contributed by atoms with Gasteiger partial charge in [-0.15, -0.1) is 0 Å². The summed E-state index contributed by atoms with van der Waals surface area (Å²) in [5, 5.41) is 14.7. The molecule has 0 atom stereocenters. The monoisotopic (exact) mass is 295 g/mol. The Bertz CT molecular complexity index is 782. The average molecular weight is 295 g/mol. The van der Waals surface area contributed by atoms with Crippen molar-refractivity contribution in [3.63, 3.8) is 0 Å². The third kappa shape index (κ3) is 3.09. The number of aromatic hydroxyl groups is 1. The molecule has 1 aromatic heterocycles. The predicted molar refractivity (Wildman–Crippen MR) is 84.8 cm³/mol. The van der Waals surface area contributed by atoms with Crippen molar-refractivity contribution in [3.05, 3.63) is 60.7 Å². The lowest BCUT2D eigenvalue weighted by atomic mass is 10.1. The summed E-state index contributed by atoms with van der Waals surface area (Å²) in [7, 11) is 0. The van der Waals surface area contributed by atoms with Crippen LogP contribution >= 0.6 is 0 Å². The molecule has 1 heterocycles. The topological polar surface area (TPSA) is 67.2 Å². The Morgan fingerprint density at radius 3 is 2.73 bits per heavy atom. The van der Waals surface area contributed by atoms with Crippen LogP contribution in [0.25, 0.3) is 10.8 Å². The first-order chi connectivity index (χ1) is 10.7. The van der Waals surface area contributed by atoms with Crippen LogP contribution in [0.2, 0.25) is 0 Å². The van der Waals surface area contributed by atoms with E-state index in [1.807, 2.05) is 35.0 Å². The highest BCUT2D eigenvalue weighted by molar-refractivity contribution is 6.01. The Morgan fingerprint density at radius 1 is 1.23 bits per heavy atom. The van der Waals surface area contributed by atoms with Crippen molar-refractivity contribution in [3.8, 4) is 5.75 Å². The molecule has 1 amide bonds. The summed E-state index contributed by atoms with van der Waals surface area (Å²) in [6.45, 7) is 1.34. The van der Waals surface area contributed by atoms with Gasteiger partial charge in [0.15, 0.2) is 0 Å². The Kier molecular flexibility index (Phi) is 4.05. The molecule has 0 unspecified atom stereocenters. The molecule has 5 heteroatoms. The van der Waals surface area contributed by atoms with E-state index in [1.165, 1.54) is 0 Å². The fourth-order valence-electron chi connectivity index (χ4n) is 2.39. The summed E-state index contributed by atoms with van der Waals surface area (Å²) < 4.78 is 1.96. The molecule has 0 fully saturated rings. The van der Waals surface area contributed by atoms with Crippen LogP contribution in [0.4, 0.5) is 0 Å². The molecular formula is C17H17N3O2. The van der Waals surface area contributed by atoms with Crippen LogP contribution < -0.4 is 5.32 Å². The zero-order chi connectivity index (χ0) is 15.4. The molecule has 0 aliphatic rings. The maximum Gasteiger partial charge on any atom is 0.255 e. The van der Waals surface area contributed by atoms with Crippen LogP contribution in [0, 0.1) is 0 Å². The van der Waals surface area contributed by atoms with Gasteiger partial charge < -0.3 is 15.0 Å².